The Morgan fingerprint density at radius 3 is 1.53 bits per heavy atom. The van der Waals surface area contributed by atoms with Crippen LogP contribution in [0.15, 0.2) is 72.8 Å². The molecule has 0 spiro atoms. The van der Waals surface area contributed by atoms with Gasteiger partial charge in [0.1, 0.15) is 5.78 Å². The van der Waals surface area contributed by atoms with Crippen LogP contribution >= 0.6 is 0 Å². The van der Waals surface area contributed by atoms with Crippen molar-refractivity contribution < 1.29 is 14.7 Å². The number of carbonyl (C=O) groups excluding carboxylic acids is 1. The smallest absolute Gasteiger partial charge is 0.307 e. The van der Waals surface area contributed by atoms with Crippen molar-refractivity contribution in [2.75, 3.05) is 0 Å². The molecule has 166 valence electrons. The quantitative estimate of drug-likeness (QED) is 0.555. The van der Waals surface area contributed by atoms with Gasteiger partial charge >= 0.3 is 5.97 Å². The zero-order valence-electron chi connectivity index (χ0n) is 19.3. The first-order valence-electron chi connectivity index (χ1n) is 10.4. The number of rotatable bonds is 5. The summed E-state index contributed by atoms with van der Waals surface area (Å²) in [7, 11) is 0. The average Bonchev–Trinajstić information content (AvgIpc) is 2.68. The van der Waals surface area contributed by atoms with Gasteiger partial charge in [-0.1, -0.05) is 89.5 Å². The number of hydrogen-bond donors (Lipinski definition) is 1. The Kier molecular flexibility index (Phi) is 11.8. The van der Waals surface area contributed by atoms with Gasteiger partial charge in [-0.05, 0) is 44.4 Å². The minimum Gasteiger partial charge on any atom is -0.481 e. The van der Waals surface area contributed by atoms with Crippen molar-refractivity contribution in [3.8, 4) is 6.07 Å². The molecule has 0 aliphatic heterocycles. The van der Waals surface area contributed by atoms with Crippen LogP contribution in [0, 0.1) is 32.1 Å². The average molecular weight is 430 g/mol. The number of aryl methyl sites for hydroxylation is 3. The number of aliphatic carboxylic acids is 1. The molecule has 3 aromatic carbocycles. The Balaban J connectivity index is 0.000000240. The van der Waals surface area contributed by atoms with E-state index in [0.29, 0.717) is 12.8 Å². The van der Waals surface area contributed by atoms with Gasteiger partial charge in [0.25, 0.3) is 0 Å². The summed E-state index contributed by atoms with van der Waals surface area (Å²) < 4.78 is 0. The van der Waals surface area contributed by atoms with E-state index in [1.807, 2.05) is 93.6 Å². The second-order valence-corrected chi connectivity index (χ2v) is 7.75. The Labute approximate surface area is 191 Å². The van der Waals surface area contributed by atoms with Gasteiger partial charge in [-0.15, -0.1) is 0 Å². The Morgan fingerprint density at radius 1 is 0.750 bits per heavy atom. The summed E-state index contributed by atoms with van der Waals surface area (Å²) in [4.78, 5) is 21.0. The molecule has 0 radical (unpaired) electrons. The molecule has 0 saturated carbocycles. The first-order valence-corrected chi connectivity index (χ1v) is 10.4. The molecular weight excluding hydrogens is 398 g/mol. The number of carboxylic acids is 1. The molecule has 0 aromatic heterocycles. The van der Waals surface area contributed by atoms with Crippen molar-refractivity contribution in [2.24, 2.45) is 0 Å². The Hall–Kier alpha value is -3.71. The number of Topliss-reactive ketones (excluding diaryl/α,β-unsaturated/α-hetero) is 1. The standard InChI is InChI=1S/C10H12O.C9H9N.C9H10O2/c1-8-4-3-5-10(6-8)7-9(2)11;1-8-3-2-4-9(7-8)5-6-10;1-7-3-2-4-8(5-7)6-9(10)11/h3-6H,7H2,1-2H3;2-4,7H,5H2,1H3;2-5H,6H2,1H3,(H,10,11). The second-order valence-electron chi connectivity index (χ2n) is 7.75. The van der Waals surface area contributed by atoms with E-state index in [-0.39, 0.29) is 12.2 Å². The number of ketones is 1. The topological polar surface area (TPSA) is 78.2 Å². The molecule has 3 rings (SSSR count). The lowest BCUT2D eigenvalue weighted by atomic mass is 10.1. The van der Waals surface area contributed by atoms with Crippen LogP contribution in [0.2, 0.25) is 0 Å². The Morgan fingerprint density at radius 2 is 1.16 bits per heavy atom. The fraction of sp³-hybridized carbons (Fsp3) is 0.250. The molecule has 0 bridgehead atoms. The number of carbonyl (C=O) groups is 2. The zero-order chi connectivity index (χ0) is 23.9. The van der Waals surface area contributed by atoms with Crippen molar-refractivity contribution in [3.63, 3.8) is 0 Å². The maximum Gasteiger partial charge on any atom is 0.307 e. The molecule has 0 fully saturated rings. The van der Waals surface area contributed by atoms with Crippen molar-refractivity contribution in [2.45, 2.75) is 47.0 Å². The van der Waals surface area contributed by atoms with E-state index >= 15 is 0 Å². The highest BCUT2D eigenvalue weighted by molar-refractivity contribution is 5.78. The summed E-state index contributed by atoms with van der Waals surface area (Å²) in [6, 6.07) is 25.7. The molecule has 0 aliphatic carbocycles. The van der Waals surface area contributed by atoms with Crippen LogP contribution in [-0.2, 0) is 28.9 Å². The van der Waals surface area contributed by atoms with Crippen LogP contribution < -0.4 is 0 Å². The highest BCUT2D eigenvalue weighted by atomic mass is 16.4. The van der Waals surface area contributed by atoms with Gasteiger partial charge in [0, 0.05) is 6.42 Å². The molecule has 0 aliphatic rings. The predicted octanol–water partition coefficient (Wildman–Crippen LogP) is 5.81. The maximum absolute atomic E-state index is 10.7. The third-order valence-electron chi connectivity index (χ3n) is 4.34. The van der Waals surface area contributed by atoms with E-state index in [1.54, 1.807) is 6.92 Å². The molecule has 1 N–H and O–H groups in total. The molecule has 0 heterocycles. The molecule has 4 nitrogen and oxygen atoms in total. The fourth-order valence-corrected chi connectivity index (χ4v) is 3.02. The minimum atomic E-state index is -0.782. The van der Waals surface area contributed by atoms with E-state index in [4.69, 9.17) is 10.4 Å². The zero-order valence-corrected chi connectivity index (χ0v) is 19.3. The highest BCUT2D eigenvalue weighted by Crippen LogP contribution is 2.05. The van der Waals surface area contributed by atoms with Crippen molar-refractivity contribution >= 4 is 11.8 Å². The summed E-state index contributed by atoms with van der Waals surface area (Å²) in [6.07, 6.45) is 1.19. The minimum absolute atomic E-state index is 0.113. The molecule has 3 aromatic rings. The summed E-state index contributed by atoms with van der Waals surface area (Å²) in [6.45, 7) is 7.62. The molecule has 0 amide bonds. The molecular formula is C28H31NO3. The number of nitrogens with zero attached hydrogens (tertiary/aromatic N) is 1. The molecule has 32 heavy (non-hydrogen) atoms. The SMILES string of the molecule is CC(=O)Cc1cccc(C)c1.Cc1cccc(CC#N)c1.Cc1cccc(CC(=O)O)c1. The van der Waals surface area contributed by atoms with Crippen molar-refractivity contribution in [1.82, 2.24) is 0 Å². The van der Waals surface area contributed by atoms with Gasteiger partial charge in [-0.2, -0.15) is 5.26 Å². The van der Waals surface area contributed by atoms with Crippen LogP contribution in [0.1, 0.15) is 40.3 Å². The van der Waals surface area contributed by atoms with E-state index in [1.165, 1.54) is 11.1 Å². The van der Waals surface area contributed by atoms with Crippen LogP contribution in [-0.4, -0.2) is 16.9 Å². The largest absolute Gasteiger partial charge is 0.481 e. The summed E-state index contributed by atoms with van der Waals surface area (Å²) in [5, 5.41) is 16.8. The summed E-state index contributed by atoms with van der Waals surface area (Å²) in [5.74, 6) is -0.564. The molecule has 0 saturated heterocycles. The third kappa shape index (κ3) is 12.1. The second kappa shape index (κ2) is 14.3. The van der Waals surface area contributed by atoms with Crippen LogP contribution in [0.4, 0.5) is 0 Å². The molecule has 0 atom stereocenters. The van der Waals surface area contributed by atoms with Crippen LogP contribution in [0.3, 0.4) is 0 Å². The lowest BCUT2D eigenvalue weighted by Crippen LogP contribution is -1.99. The van der Waals surface area contributed by atoms with Gasteiger partial charge in [0.15, 0.2) is 0 Å². The van der Waals surface area contributed by atoms with Crippen molar-refractivity contribution in [1.29, 1.82) is 5.26 Å². The number of hydrogen-bond acceptors (Lipinski definition) is 3. The molecule has 0 unspecified atom stereocenters. The van der Waals surface area contributed by atoms with E-state index < -0.39 is 5.97 Å². The van der Waals surface area contributed by atoms with E-state index in [2.05, 4.69) is 6.07 Å². The van der Waals surface area contributed by atoms with Crippen LogP contribution in [0.25, 0.3) is 0 Å². The van der Waals surface area contributed by atoms with E-state index in [0.717, 1.165) is 22.3 Å². The third-order valence-corrected chi connectivity index (χ3v) is 4.34. The Bertz CT molecular complexity index is 1010. The van der Waals surface area contributed by atoms with Crippen molar-refractivity contribution in [3.05, 3.63) is 106 Å². The van der Waals surface area contributed by atoms with Crippen LogP contribution in [0.5, 0.6) is 0 Å². The normalized spacial score (nSPS) is 9.34. The summed E-state index contributed by atoms with van der Waals surface area (Å²) >= 11 is 0. The number of benzene rings is 3. The summed E-state index contributed by atoms with van der Waals surface area (Å²) in [5.41, 5.74) is 6.60. The lowest BCUT2D eigenvalue weighted by molar-refractivity contribution is -0.136. The first kappa shape index (κ1) is 26.3. The molecule has 4 heteroatoms. The van der Waals surface area contributed by atoms with Gasteiger partial charge < -0.3 is 5.11 Å². The fourth-order valence-electron chi connectivity index (χ4n) is 3.02. The highest BCUT2D eigenvalue weighted by Gasteiger charge is 1.98. The number of carboxylic acid groups (broad SMARTS) is 1. The monoisotopic (exact) mass is 429 g/mol. The van der Waals surface area contributed by atoms with Gasteiger partial charge in [0.2, 0.25) is 0 Å². The van der Waals surface area contributed by atoms with E-state index in [9.17, 15) is 9.59 Å². The van der Waals surface area contributed by atoms with Gasteiger partial charge in [0.05, 0.1) is 18.9 Å². The lowest BCUT2D eigenvalue weighted by Gasteiger charge is -1.97. The van der Waals surface area contributed by atoms with Gasteiger partial charge in [-0.25, -0.2) is 0 Å². The number of nitriles is 1. The first-order chi connectivity index (χ1) is 15.2. The maximum atomic E-state index is 10.7. The van der Waals surface area contributed by atoms with Gasteiger partial charge in [-0.3, -0.25) is 9.59 Å². The predicted molar refractivity (Wildman–Crippen MR) is 129 cm³/mol.